The van der Waals surface area contributed by atoms with E-state index in [2.05, 4.69) is 19.9 Å². The number of hydrogen-bond acceptors (Lipinski definition) is 5. The van der Waals surface area contributed by atoms with Crippen LogP contribution in [0.1, 0.15) is 4.11 Å². The maximum atomic E-state index is 12.9. The summed E-state index contributed by atoms with van der Waals surface area (Å²) in [6.07, 6.45) is 5.28. The fourth-order valence-corrected chi connectivity index (χ4v) is 3.61. The molecule has 10 heteroatoms. The van der Waals surface area contributed by atoms with Crippen LogP contribution in [-0.4, -0.2) is 33.0 Å². The summed E-state index contributed by atoms with van der Waals surface area (Å²) in [7, 11) is -4.06. The van der Waals surface area contributed by atoms with E-state index < -0.39 is 17.0 Å². The number of hydrogen-bond donors (Lipinski definition) is 1. The Hall–Kier alpha value is -2.91. The largest absolute Gasteiger partial charge is 0.277 e. The minimum atomic E-state index is -4.06. The summed E-state index contributed by atoms with van der Waals surface area (Å²) in [5, 5.41) is 8.79. The first-order valence-electron chi connectivity index (χ1n) is 8.82. The second-order valence-corrected chi connectivity index (χ2v) is 7.48. The van der Waals surface area contributed by atoms with Gasteiger partial charge in [0.05, 0.1) is 29.8 Å². The number of nitrogens with zero attached hydrogens (tertiary/aromatic N) is 5. The van der Waals surface area contributed by atoms with Gasteiger partial charge in [-0.2, -0.15) is 10.2 Å². The molecule has 0 aliphatic heterocycles. The molecule has 0 amide bonds. The summed E-state index contributed by atoms with van der Waals surface area (Å²) < 4.78 is 53.0. The summed E-state index contributed by atoms with van der Waals surface area (Å²) in [5.41, 5.74) is 0.240. The van der Waals surface area contributed by atoms with E-state index in [4.69, 9.17) is 15.7 Å². The molecule has 0 unspecified atom stereocenters. The first kappa shape index (κ1) is 13.3. The van der Waals surface area contributed by atoms with Crippen LogP contribution in [0, 0.1) is 0 Å². The number of halogens is 1. The molecule has 8 nitrogen and oxygen atoms in total. The van der Waals surface area contributed by atoms with Crippen molar-refractivity contribution in [1.29, 1.82) is 0 Å². The molecule has 4 aromatic rings. The average Bonchev–Trinajstić information content (AvgIpc) is 3.29. The number of aromatic nitrogens is 5. The van der Waals surface area contributed by atoms with Gasteiger partial charge in [-0.15, -0.1) is 0 Å². The molecular weight excluding hydrogens is 376 g/mol. The fourth-order valence-electron chi connectivity index (χ4n) is 2.45. The van der Waals surface area contributed by atoms with Crippen LogP contribution in [0.5, 0.6) is 0 Å². The third kappa shape index (κ3) is 2.91. The Labute approximate surface area is 158 Å². The fraction of sp³-hybridized carbons (Fsp3) is 0.0625. The summed E-state index contributed by atoms with van der Waals surface area (Å²) >= 11 is 5.93. The lowest BCUT2D eigenvalue weighted by Crippen LogP contribution is -2.13. The van der Waals surface area contributed by atoms with Crippen LogP contribution in [0.25, 0.3) is 16.7 Å². The highest BCUT2D eigenvalue weighted by molar-refractivity contribution is 7.92. The van der Waals surface area contributed by atoms with Crippen LogP contribution in [0.4, 0.5) is 5.69 Å². The highest BCUT2D eigenvalue weighted by atomic mass is 35.5. The van der Waals surface area contributed by atoms with Gasteiger partial charge in [0.2, 0.25) is 0 Å². The van der Waals surface area contributed by atoms with E-state index in [0.29, 0.717) is 16.2 Å². The molecule has 0 saturated heterocycles. The number of anilines is 1. The van der Waals surface area contributed by atoms with Gasteiger partial charge < -0.3 is 0 Å². The Morgan fingerprint density at radius 2 is 2.12 bits per heavy atom. The molecule has 0 aliphatic carbocycles. The molecule has 0 atom stereocenters. The van der Waals surface area contributed by atoms with Crippen LogP contribution in [-0.2, 0) is 17.0 Å². The lowest BCUT2D eigenvalue weighted by atomic mass is 10.2. The first-order chi connectivity index (χ1) is 13.6. The summed E-state index contributed by atoms with van der Waals surface area (Å²) in [6, 6.07) is 7.83. The van der Waals surface area contributed by atoms with Gasteiger partial charge in [-0.3, -0.25) is 9.40 Å². The molecule has 0 aliphatic rings. The topological polar surface area (TPSA) is 94.7 Å². The molecule has 1 aromatic carbocycles. The van der Waals surface area contributed by atoms with Crippen molar-refractivity contribution in [2.45, 2.75) is 4.90 Å². The van der Waals surface area contributed by atoms with Gasteiger partial charge in [-0.25, -0.2) is 18.1 Å². The molecule has 1 N–H and O–H groups in total. The second-order valence-electron chi connectivity index (χ2n) is 5.36. The molecule has 0 bridgehead atoms. The molecule has 3 aromatic heterocycles. The number of sulfonamides is 1. The molecule has 0 spiro atoms. The van der Waals surface area contributed by atoms with Gasteiger partial charge >= 0.3 is 0 Å². The van der Waals surface area contributed by atoms with Crippen molar-refractivity contribution in [2.75, 3.05) is 4.72 Å². The molecule has 0 radical (unpaired) electrons. The van der Waals surface area contributed by atoms with E-state index in [1.54, 1.807) is 18.2 Å². The lowest BCUT2D eigenvalue weighted by Gasteiger charge is -2.08. The van der Waals surface area contributed by atoms with Crippen LogP contribution in [0.15, 0.2) is 60.0 Å². The van der Waals surface area contributed by atoms with Crippen molar-refractivity contribution >= 4 is 38.2 Å². The van der Waals surface area contributed by atoms with E-state index in [-0.39, 0.29) is 16.1 Å². The average molecular weight is 392 g/mol. The van der Waals surface area contributed by atoms with Crippen molar-refractivity contribution in [3.63, 3.8) is 0 Å². The molecule has 132 valence electrons. The number of fused-ring (bicyclic) bond motifs is 1. The van der Waals surface area contributed by atoms with Crippen molar-refractivity contribution < 1.29 is 12.5 Å². The smallest absolute Gasteiger partial charge is 0.265 e. The zero-order chi connectivity index (χ0) is 20.8. The minimum Gasteiger partial charge on any atom is -0.277 e. The first-order valence-corrected chi connectivity index (χ1v) is 9.18. The van der Waals surface area contributed by atoms with Crippen LogP contribution in [0.2, 0.25) is 5.02 Å². The Morgan fingerprint density at radius 1 is 1.23 bits per heavy atom. The number of rotatable bonds is 4. The number of para-hydroxylation sites is 1. The van der Waals surface area contributed by atoms with E-state index in [1.807, 2.05) is 0 Å². The predicted octanol–water partition coefficient (Wildman–Crippen LogP) is 2.61. The third-order valence-electron chi connectivity index (χ3n) is 3.65. The highest BCUT2D eigenvalue weighted by Gasteiger charge is 2.19. The van der Waals surface area contributed by atoms with Crippen molar-refractivity contribution in [3.05, 3.63) is 60.1 Å². The van der Waals surface area contributed by atoms with E-state index in [9.17, 15) is 8.42 Å². The molecule has 0 fully saturated rings. The maximum absolute atomic E-state index is 12.9. The summed E-state index contributed by atoms with van der Waals surface area (Å²) in [4.78, 5) is 3.96. The number of pyridine rings is 1. The molecular formula is C16H13ClN6O2S. The Morgan fingerprint density at radius 3 is 2.92 bits per heavy atom. The second kappa shape index (κ2) is 6.11. The van der Waals surface area contributed by atoms with Crippen molar-refractivity contribution in [3.8, 4) is 5.82 Å². The molecule has 4 rings (SSSR count). The van der Waals surface area contributed by atoms with Gasteiger partial charge in [0.25, 0.3) is 10.0 Å². The normalized spacial score (nSPS) is 14.0. The highest BCUT2D eigenvalue weighted by Crippen LogP contribution is 2.25. The quantitative estimate of drug-likeness (QED) is 0.577. The Kier molecular flexibility index (Phi) is 3.13. The van der Waals surface area contributed by atoms with Crippen LogP contribution >= 0.6 is 11.6 Å². The van der Waals surface area contributed by atoms with Crippen LogP contribution < -0.4 is 4.72 Å². The molecule has 0 saturated carbocycles. The van der Waals surface area contributed by atoms with Gasteiger partial charge in [0, 0.05) is 33.8 Å². The maximum Gasteiger partial charge on any atom is 0.265 e. The standard InChI is InChI=1S/C16H13ClN6O2S/c1-22-16-11(8-19-22)3-2-4-14(16)21-26(24,25)13-9-20-23(10-13)15-7-12(17)5-6-18-15/h2-10,21H,1H3/i1D3. The molecule has 3 heterocycles. The van der Waals surface area contributed by atoms with Gasteiger partial charge in [0.1, 0.15) is 4.90 Å². The monoisotopic (exact) mass is 391 g/mol. The van der Waals surface area contributed by atoms with Gasteiger partial charge in [-0.1, -0.05) is 23.7 Å². The van der Waals surface area contributed by atoms with E-state index in [0.717, 1.165) is 10.9 Å². The summed E-state index contributed by atoms with van der Waals surface area (Å²) in [6.45, 7) is -2.56. The van der Waals surface area contributed by atoms with Crippen LogP contribution in [0.3, 0.4) is 0 Å². The Bertz CT molecular complexity index is 1320. The zero-order valence-corrected chi connectivity index (χ0v) is 14.6. The summed E-state index contributed by atoms with van der Waals surface area (Å²) in [5.74, 6) is 0.349. The SMILES string of the molecule is [2H]C([2H])([2H])n1ncc2cccc(NS(=O)(=O)c3cnn(-c4cc(Cl)ccn4)c3)c21. The number of benzene rings is 1. The van der Waals surface area contributed by atoms with Gasteiger partial charge in [0.15, 0.2) is 5.82 Å². The number of nitrogens with one attached hydrogen (secondary N) is 1. The van der Waals surface area contributed by atoms with E-state index >= 15 is 0 Å². The van der Waals surface area contributed by atoms with Crippen molar-refractivity contribution in [2.24, 2.45) is 6.98 Å². The minimum absolute atomic E-state index is 0.0877. The third-order valence-corrected chi connectivity index (χ3v) is 5.20. The predicted molar refractivity (Wildman–Crippen MR) is 97.9 cm³/mol. The van der Waals surface area contributed by atoms with E-state index in [1.165, 1.54) is 35.4 Å². The van der Waals surface area contributed by atoms with Crippen molar-refractivity contribution in [1.82, 2.24) is 24.5 Å². The lowest BCUT2D eigenvalue weighted by molar-refractivity contribution is 0.601. The Balaban J connectivity index is 1.73. The molecule has 26 heavy (non-hydrogen) atoms. The number of aryl methyl sites for hydroxylation is 1. The zero-order valence-electron chi connectivity index (χ0n) is 16.0. The van der Waals surface area contributed by atoms with Gasteiger partial charge in [-0.05, 0) is 12.1 Å².